The molecule has 1 aliphatic rings. The number of nitro groups is 1. The number of rotatable bonds is 7. The molecule has 37 heavy (non-hydrogen) atoms. The fraction of sp³-hybridized carbons (Fsp3) is 0.115. The van der Waals surface area contributed by atoms with E-state index in [9.17, 15) is 24.5 Å². The first-order chi connectivity index (χ1) is 17.7. The van der Waals surface area contributed by atoms with Gasteiger partial charge in [0.1, 0.15) is 17.9 Å². The van der Waals surface area contributed by atoms with E-state index in [1.54, 1.807) is 36.4 Å². The number of barbiturate groups is 1. The number of halogens is 2. The van der Waals surface area contributed by atoms with Crippen LogP contribution >= 0.6 is 45.2 Å². The molecule has 0 saturated carbocycles. The van der Waals surface area contributed by atoms with E-state index in [4.69, 9.17) is 4.74 Å². The number of nitro benzene ring substituents is 1. The summed E-state index contributed by atoms with van der Waals surface area (Å²) in [5.41, 5.74) is 2.63. The van der Waals surface area contributed by atoms with Crippen LogP contribution in [0.25, 0.3) is 6.08 Å². The molecule has 0 aromatic heterocycles. The Labute approximate surface area is 239 Å². The first-order valence-electron chi connectivity index (χ1n) is 11.0. The standard InChI is InChI=1S/C26H19I2N3O6/c1-2-15-3-7-18(8-4-15)30-25(33)20(24(32)29-26(30)34)11-17-12-21(27)23(22(28)13-17)37-14-16-5-9-19(10-6-16)31(35)36/h3-13H,2,14H2,1H3,(H,29,32,34)/b20-11-. The van der Waals surface area contributed by atoms with Crippen molar-refractivity contribution in [3.63, 3.8) is 0 Å². The maximum atomic E-state index is 13.2. The van der Waals surface area contributed by atoms with Crippen molar-refractivity contribution in [2.45, 2.75) is 20.0 Å². The minimum atomic E-state index is -0.796. The quantitative estimate of drug-likeness (QED) is 0.111. The van der Waals surface area contributed by atoms with Gasteiger partial charge in [-0.2, -0.15) is 0 Å². The minimum absolute atomic E-state index is 0.00448. The number of hydrogen-bond donors (Lipinski definition) is 1. The number of carbonyl (C=O) groups excluding carboxylic acids is 3. The molecule has 1 saturated heterocycles. The molecule has 11 heteroatoms. The highest BCUT2D eigenvalue weighted by Gasteiger charge is 2.36. The molecule has 4 amide bonds. The number of carbonyl (C=O) groups is 3. The number of hydrogen-bond acceptors (Lipinski definition) is 6. The van der Waals surface area contributed by atoms with Gasteiger partial charge >= 0.3 is 6.03 Å². The molecule has 1 N–H and O–H groups in total. The van der Waals surface area contributed by atoms with Crippen molar-refractivity contribution in [2.24, 2.45) is 0 Å². The second-order valence-electron chi connectivity index (χ2n) is 8.00. The minimum Gasteiger partial charge on any atom is -0.487 e. The summed E-state index contributed by atoms with van der Waals surface area (Å²) >= 11 is 4.20. The number of aryl methyl sites for hydroxylation is 1. The molecule has 0 bridgehead atoms. The summed E-state index contributed by atoms with van der Waals surface area (Å²) in [5, 5.41) is 13.1. The lowest BCUT2D eigenvalue weighted by atomic mass is 10.1. The first-order valence-corrected chi connectivity index (χ1v) is 13.2. The maximum Gasteiger partial charge on any atom is 0.335 e. The second kappa shape index (κ2) is 11.4. The van der Waals surface area contributed by atoms with Gasteiger partial charge in [-0.3, -0.25) is 25.0 Å². The van der Waals surface area contributed by atoms with Gasteiger partial charge in [0, 0.05) is 12.1 Å². The van der Waals surface area contributed by atoms with Crippen LogP contribution < -0.4 is 15.0 Å². The molecule has 1 aliphatic heterocycles. The molecule has 0 aliphatic carbocycles. The Morgan fingerprint density at radius 3 is 2.14 bits per heavy atom. The Hall–Kier alpha value is -3.33. The summed E-state index contributed by atoms with van der Waals surface area (Å²) in [6, 6.07) is 15.8. The highest BCUT2D eigenvalue weighted by Crippen LogP contribution is 2.31. The third-order valence-electron chi connectivity index (χ3n) is 5.57. The van der Waals surface area contributed by atoms with Crippen LogP contribution in [-0.4, -0.2) is 22.8 Å². The molecule has 3 aromatic carbocycles. The van der Waals surface area contributed by atoms with Crippen LogP contribution in [0.15, 0.2) is 66.2 Å². The number of nitrogens with zero attached hydrogens (tertiary/aromatic N) is 2. The topological polar surface area (TPSA) is 119 Å². The number of urea groups is 1. The van der Waals surface area contributed by atoms with Crippen LogP contribution in [0.4, 0.5) is 16.2 Å². The van der Waals surface area contributed by atoms with Gasteiger partial charge in [-0.15, -0.1) is 0 Å². The monoisotopic (exact) mass is 723 g/mol. The van der Waals surface area contributed by atoms with Gasteiger partial charge in [-0.25, -0.2) is 9.69 Å². The summed E-state index contributed by atoms with van der Waals surface area (Å²) in [6.45, 7) is 2.21. The van der Waals surface area contributed by atoms with Gasteiger partial charge in [0.25, 0.3) is 17.5 Å². The third-order valence-corrected chi connectivity index (χ3v) is 7.17. The molecule has 188 valence electrons. The summed E-state index contributed by atoms with van der Waals surface area (Å²) in [6.07, 6.45) is 2.26. The smallest absolute Gasteiger partial charge is 0.335 e. The fourth-order valence-electron chi connectivity index (χ4n) is 3.61. The molecular formula is C26H19I2N3O6. The third kappa shape index (κ3) is 5.98. The molecule has 0 atom stereocenters. The highest BCUT2D eigenvalue weighted by atomic mass is 127. The molecule has 0 unspecified atom stereocenters. The Morgan fingerprint density at radius 1 is 0.973 bits per heavy atom. The van der Waals surface area contributed by atoms with Crippen molar-refractivity contribution in [3.05, 3.63) is 100 Å². The molecule has 3 aromatic rings. The lowest BCUT2D eigenvalue weighted by Gasteiger charge is -2.26. The lowest BCUT2D eigenvalue weighted by molar-refractivity contribution is -0.384. The fourth-order valence-corrected chi connectivity index (χ4v) is 5.74. The maximum absolute atomic E-state index is 13.2. The van der Waals surface area contributed by atoms with Crippen molar-refractivity contribution in [3.8, 4) is 5.75 Å². The SMILES string of the molecule is CCc1ccc(N2C(=O)NC(=O)/C(=C/c3cc(I)c(OCc4ccc([N+](=O)[O-])cc4)c(I)c3)C2=O)cc1. The van der Waals surface area contributed by atoms with E-state index < -0.39 is 22.8 Å². The number of anilines is 1. The van der Waals surface area contributed by atoms with Gasteiger partial charge < -0.3 is 4.74 Å². The molecule has 1 heterocycles. The number of nitrogens with one attached hydrogen (secondary N) is 1. The average Bonchev–Trinajstić information content (AvgIpc) is 2.86. The first kappa shape index (κ1) is 26.7. The van der Waals surface area contributed by atoms with Crippen molar-refractivity contribution in [1.82, 2.24) is 5.32 Å². The van der Waals surface area contributed by atoms with Gasteiger partial charge in [0.15, 0.2) is 0 Å². The average molecular weight is 723 g/mol. The summed E-state index contributed by atoms with van der Waals surface area (Å²) in [4.78, 5) is 49.5. The summed E-state index contributed by atoms with van der Waals surface area (Å²) in [7, 11) is 0. The van der Waals surface area contributed by atoms with Gasteiger partial charge in [-0.1, -0.05) is 19.1 Å². The zero-order valence-electron chi connectivity index (χ0n) is 19.4. The van der Waals surface area contributed by atoms with Crippen LogP contribution in [0.5, 0.6) is 5.75 Å². The van der Waals surface area contributed by atoms with Crippen molar-refractivity contribution < 1.29 is 24.0 Å². The predicted molar refractivity (Wildman–Crippen MR) is 154 cm³/mol. The number of benzene rings is 3. The Balaban J connectivity index is 1.56. The predicted octanol–water partition coefficient (Wildman–Crippen LogP) is 5.61. The zero-order chi connectivity index (χ0) is 26.7. The number of amides is 4. The Bertz CT molecular complexity index is 1410. The number of ether oxygens (including phenoxy) is 1. The zero-order valence-corrected chi connectivity index (χ0v) is 23.7. The van der Waals surface area contributed by atoms with E-state index in [0.29, 0.717) is 17.0 Å². The van der Waals surface area contributed by atoms with Crippen molar-refractivity contribution in [1.29, 1.82) is 0 Å². The van der Waals surface area contributed by atoms with Gasteiger partial charge in [-0.05, 0) is 111 Å². The molecule has 0 radical (unpaired) electrons. The highest BCUT2D eigenvalue weighted by molar-refractivity contribution is 14.1. The van der Waals surface area contributed by atoms with E-state index in [1.807, 2.05) is 19.1 Å². The Morgan fingerprint density at radius 2 is 1.57 bits per heavy atom. The summed E-state index contributed by atoms with van der Waals surface area (Å²) in [5.74, 6) is -0.865. The lowest BCUT2D eigenvalue weighted by Crippen LogP contribution is -2.54. The van der Waals surface area contributed by atoms with Crippen molar-refractivity contribution >= 4 is 80.5 Å². The number of imide groups is 2. The van der Waals surface area contributed by atoms with Crippen LogP contribution in [0.1, 0.15) is 23.6 Å². The van der Waals surface area contributed by atoms with Crippen LogP contribution in [0, 0.1) is 17.3 Å². The largest absolute Gasteiger partial charge is 0.487 e. The molecule has 4 rings (SSSR count). The molecular weight excluding hydrogens is 704 g/mol. The van der Waals surface area contributed by atoms with Crippen LogP contribution in [-0.2, 0) is 22.6 Å². The molecule has 9 nitrogen and oxygen atoms in total. The Kier molecular flexibility index (Phi) is 8.22. The van der Waals surface area contributed by atoms with Crippen LogP contribution in [0.2, 0.25) is 0 Å². The van der Waals surface area contributed by atoms with Gasteiger partial charge in [0.05, 0.1) is 17.8 Å². The summed E-state index contributed by atoms with van der Waals surface area (Å²) < 4.78 is 7.43. The number of non-ortho nitro benzene ring substituents is 1. The van der Waals surface area contributed by atoms with Crippen molar-refractivity contribution in [2.75, 3.05) is 4.90 Å². The van der Waals surface area contributed by atoms with E-state index in [-0.39, 0.29) is 17.9 Å². The molecule has 0 spiro atoms. The van der Waals surface area contributed by atoms with E-state index >= 15 is 0 Å². The van der Waals surface area contributed by atoms with E-state index in [2.05, 4.69) is 50.5 Å². The van der Waals surface area contributed by atoms with Gasteiger partial charge in [0.2, 0.25) is 0 Å². The van der Waals surface area contributed by atoms with Crippen LogP contribution in [0.3, 0.4) is 0 Å². The normalized spacial score (nSPS) is 14.6. The van der Waals surface area contributed by atoms with E-state index in [1.165, 1.54) is 18.2 Å². The second-order valence-corrected chi connectivity index (χ2v) is 10.3. The van der Waals surface area contributed by atoms with E-state index in [0.717, 1.165) is 29.6 Å². The molecule has 1 fully saturated rings.